The third-order valence-electron chi connectivity index (χ3n) is 2.25. The van der Waals surface area contributed by atoms with E-state index in [2.05, 4.69) is 38.5 Å². The average molecular weight is 395 g/mol. The highest BCUT2D eigenvalue weighted by molar-refractivity contribution is 14.1. The van der Waals surface area contributed by atoms with Gasteiger partial charge in [0.1, 0.15) is 11.3 Å². The van der Waals surface area contributed by atoms with Crippen molar-refractivity contribution < 1.29 is 9.15 Å². The number of halogens is 2. The van der Waals surface area contributed by atoms with E-state index in [1.165, 1.54) is 6.07 Å². The topological polar surface area (TPSA) is 39.4 Å². The van der Waals surface area contributed by atoms with Gasteiger partial charge in [0.15, 0.2) is 0 Å². The van der Waals surface area contributed by atoms with Gasteiger partial charge in [0.05, 0.1) is 10.7 Å². The van der Waals surface area contributed by atoms with Crippen molar-refractivity contribution >= 4 is 49.5 Å². The van der Waals surface area contributed by atoms with E-state index in [1.807, 2.05) is 6.07 Å². The minimum absolute atomic E-state index is 0.342. The van der Waals surface area contributed by atoms with Crippen molar-refractivity contribution in [2.45, 2.75) is 5.33 Å². The molecule has 2 aromatic rings. The SMILES string of the molecule is COc1cc2oc(=O)cc(CBr)c2cc1I. The van der Waals surface area contributed by atoms with Crippen LogP contribution in [0, 0.1) is 3.57 Å². The van der Waals surface area contributed by atoms with Gasteiger partial charge in [-0.2, -0.15) is 0 Å². The Kier molecular flexibility index (Phi) is 3.53. The molecule has 0 saturated carbocycles. The molecule has 5 heteroatoms. The highest BCUT2D eigenvalue weighted by Gasteiger charge is 2.09. The smallest absolute Gasteiger partial charge is 0.336 e. The summed E-state index contributed by atoms with van der Waals surface area (Å²) in [5, 5.41) is 1.55. The number of fused-ring (bicyclic) bond motifs is 1. The lowest BCUT2D eigenvalue weighted by atomic mass is 10.1. The van der Waals surface area contributed by atoms with Gasteiger partial charge in [-0.1, -0.05) is 15.9 Å². The summed E-state index contributed by atoms with van der Waals surface area (Å²) in [6, 6.07) is 5.19. The summed E-state index contributed by atoms with van der Waals surface area (Å²) >= 11 is 5.55. The molecule has 3 nitrogen and oxygen atoms in total. The van der Waals surface area contributed by atoms with Gasteiger partial charge in [-0.25, -0.2) is 4.79 Å². The Balaban J connectivity index is 2.84. The highest BCUT2D eigenvalue weighted by atomic mass is 127. The van der Waals surface area contributed by atoms with E-state index in [0.717, 1.165) is 14.5 Å². The second-order valence-corrected chi connectivity index (χ2v) is 4.93. The van der Waals surface area contributed by atoms with Gasteiger partial charge >= 0.3 is 5.63 Å². The van der Waals surface area contributed by atoms with E-state index in [0.29, 0.717) is 16.7 Å². The van der Waals surface area contributed by atoms with Crippen LogP contribution in [0.2, 0.25) is 0 Å². The van der Waals surface area contributed by atoms with Crippen molar-refractivity contribution in [3.05, 3.63) is 37.8 Å². The Bertz CT molecular complexity index is 592. The van der Waals surface area contributed by atoms with Crippen LogP contribution in [0.25, 0.3) is 11.0 Å². The van der Waals surface area contributed by atoms with Crippen LogP contribution in [0.15, 0.2) is 27.4 Å². The summed E-state index contributed by atoms with van der Waals surface area (Å²) in [5.74, 6) is 0.711. The molecule has 0 aliphatic carbocycles. The fourth-order valence-electron chi connectivity index (χ4n) is 1.49. The predicted molar refractivity (Wildman–Crippen MR) is 74.4 cm³/mol. The Morgan fingerprint density at radius 3 is 2.81 bits per heavy atom. The number of methoxy groups -OCH3 is 1. The summed E-state index contributed by atoms with van der Waals surface area (Å²) in [6.07, 6.45) is 0. The van der Waals surface area contributed by atoms with Crippen molar-refractivity contribution in [1.29, 1.82) is 0 Å². The Morgan fingerprint density at radius 2 is 2.19 bits per heavy atom. The van der Waals surface area contributed by atoms with Gasteiger partial charge in [-0.15, -0.1) is 0 Å². The molecule has 1 aromatic carbocycles. The van der Waals surface area contributed by atoms with Gasteiger partial charge in [-0.3, -0.25) is 0 Å². The monoisotopic (exact) mass is 394 g/mol. The molecule has 0 saturated heterocycles. The predicted octanol–water partition coefficient (Wildman–Crippen LogP) is 3.30. The van der Waals surface area contributed by atoms with Crippen LogP contribution >= 0.6 is 38.5 Å². The van der Waals surface area contributed by atoms with E-state index in [-0.39, 0.29) is 5.63 Å². The van der Waals surface area contributed by atoms with Crippen molar-refractivity contribution in [3.63, 3.8) is 0 Å². The fraction of sp³-hybridized carbons (Fsp3) is 0.182. The second-order valence-electron chi connectivity index (χ2n) is 3.21. The molecule has 1 aromatic heterocycles. The van der Waals surface area contributed by atoms with Gasteiger partial charge in [0.2, 0.25) is 0 Å². The third kappa shape index (κ3) is 2.10. The first-order valence-corrected chi connectivity index (χ1v) is 6.72. The standard InChI is InChI=1S/C11H8BrIO3/c1-15-10-4-9-7(3-8(10)13)6(5-12)2-11(14)16-9/h2-4H,5H2,1H3. The maximum atomic E-state index is 11.3. The fourth-order valence-corrected chi connectivity index (χ4v) is 2.65. The van der Waals surface area contributed by atoms with Crippen molar-refractivity contribution in [2.75, 3.05) is 7.11 Å². The molecule has 0 bridgehead atoms. The van der Waals surface area contributed by atoms with Crippen LogP contribution in [0.3, 0.4) is 0 Å². The van der Waals surface area contributed by atoms with E-state index >= 15 is 0 Å². The van der Waals surface area contributed by atoms with Crippen molar-refractivity contribution in [1.82, 2.24) is 0 Å². The van der Waals surface area contributed by atoms with E-state index < -0.39 is 0 Å². The van der Waals surface area contributed by atoms with Crippen LogP contribution in [0.4, 0.5) is 0 Å². The summed E-state index contributed by atoms with van der Waals surface area (Å²) in [4.78, 5) is 11.3. The van der Waals surface area contributed by atoms with Crippen LogP contribution in [-0.4, -0.2) is 7.11 Å². The van der Waals surface area contributed by atoms with Gasteiger partial charge < -0.3 is 9.15 Å². The number of benzene rings is 1. The number of hydrogen-bond acceptors (Lipinski definition) is 3. The van der Waals surface area contributed by atoms with Crippen LogP contribution < -0.4 is 10.4 Å². The van der Waals surface area contributed by atoms with Gasteiger partial charge in [0, 0.05) is 22.8 Å². The zero-order valence-corrected chi connectivity index (χ0v) is 12.2. The third-order valence-corrected chi connectivity index (χ3v) is 3.69. The summed E-state index contributed by atoms with van der Waals surface area (Å²) in [6.45, 7) is 0. The van der Waals surface area contributed by atoms with Crippen LogP contribution in [0.1, 0.15) is 5.56 Å². The summed E-state index contributed by atoms with van der Waals surface area (Å²) in [5.41, 5.74) is 1.14. The Hall–Kier alpha value is -0.560. The molecule has 0 spiro atoms. The summed E-state index contributed by atoms with van der Waals surface area (Å²) < 4.78 is 11.3. The maximum Gasteiger partial charge on any atom is 0.336 e. The van der Waals surface area contributed by atoms with Gasteiger partial charge in [0.25, 0.3) is 0 Å². The second kappa shape index (κ2) is 4.75. The zero-order valence-electron chi connectivity index (χ0n) is 8.42. The molecule has 84 valence electrons. The normalized spacial score (nSPS) is 10.7. The lowest BCUT2D eigenvalue weighted by Crippen LogP contribution is -2.00. The lowest BCUT2D eigenvalue weighted by molar-refractivity contribution is 0.411. The first kappa shape index (κ1) is 11.9. The molecule has 0 unspecified atom stereocenters. The largest absolute Gasteiger partial charge is 0.496 e. The molecule has 0 atom stereocenters. The zero-order chi connectivity index (χ0) is 11.7. The molecule has 0 fully saturated rings. The van der Waals surface area contributed by atoms with E-state index in [4.69, 9.17) is 9.15 Å². The van der Waals surface area contributed by atoms with E-state index in [1.54, 1.807) is 13.2 Å². The first-order chi connectivity index (χ1) is 7.65. The van der Waals surface area contributed by atoms with Crippen LogP contribution in [-0.2, 0) is 5.33 Å². The van der Waals surface area contributed by atoms with Crippen molar-refractivity contribution in [2.24, 2.45) is 0 Å². The molecule has 0 N–H and O–H groups in total. The Labute approximate surface area is 114 Å². The molecule has 2 rings (SSSR count). The molecule has 0 amide bonds. The number of hydrogen-bond donors (Lipinski definition) is 0. The quantitative estimate of drug-likeness (QED) is 0.445. The van der Waals surface area contributed by atoms with E-state index in [9.17, 15) is 4.79 Å². The average Bonchev–Trinajstić information content (AvgIpc) is 2.28. The van der Waals surface area contributed by atoms with Crippen molar-refractivity contribution in [3.8, 4) is 5.75 Å². The minimum atomic E-state index is -0.342. The Morgan fingerprint density at radius 1 is 1.44 bits per heavy atom. The first-order valence-electron chi connectivity index (χ1n) is 4.52. The number of ether oxygens (including phenoxy) is 1. The molecule has 0 radical (unpaired) electrons. The minimum Gasteiger partial charge on any atom is -0.496 e. The number of alkyl halides is 1. The molecule has 16 heavy (non-hydrogen) atoms. The maximum absolute atomic E-state index is 11.3. The number of rotatable bonds is 2. The molecular weight excluding hydrogens is 387 g/mol. The lowest BCUT2D eigenvalue weighted by Gasteiger charge is -2.06. The molecule has 0 aliphatic rings. The summed E-state index contributed by atoms with van der Waals surface area (Å²) in [7, 11) is 1.59. The molecule has 1 heterocycles. The molecular formula is C11H8BrIO3. The highest BCUT2D eigenvalue weighted by Crippen LogP contribution is 2.28. The molecule has 0 aliphatic heterocycles. The van der Waals surface area contributed by atoms with Crippen LogP contribution in [0.5, 0.6) is 5.75 Å². The van der Waals surface area contributed by atoms with Gasteiger partial charge in [-0.05, 0) is 34.2 Å².